The summed E-state index contributed by atoms with van der Waals surface area (Å²) >= 11 is 0. The Kier molecular flexibility index (Phi) is 4.79. The first-order valence-corrected chi connectivity index (χ1v) is 8.67. The van der Waals surface area contributed by atoms with Gasteiger partial charge in [0.25, 0.3) is 5.91 Å². The highest BCUT2D eigenvalue weighted by molar-refractivity contribution is 5.98. The molecule has 0 spiro atoms. The fourth-order valence-electron chi connectivity index (χ4n) is 3.67. The van der Waals surface area contributed by atoms with E-state index in [1.54, 1.807) is 12.1 Å². The van der Waals surface area contributed by atoms with Gasteiger partial charge in [0.15, 0.2) is 5.78 Å². The third-order valence-electron chi connectivity index (χ3n) is 5.14. The van der Waals surface area contributed by atoms with Gasteiger partial charge in [0.1, 0.15) is 5.82 Å². The van der Waals surface area contributed by atoms with Crippen LogP contribution in [0.3, 0.4) is 0 Å². The number of ketones is 1. The summed E-state index contributed by atoms with van der Waals surface area (Å²) in [5.74, 6) is -0.484. The average Bonchev–Trinajstić information content (AvgIpc) is 3.38. The molecule has 23 heavy (non-hydrogen) atoms. The van der Waals surface area contributed by atoms with Crippen molar-refractivity contribution < 1.29 is 14.0 Å². The molecule has 1 aromatic rings. The van der Waals surface area contributed by atoms with Crippen LogP contribution in [0, 0.1) is 11.7 Å². The number of benzene rings is 1. The van der Waals surface area contributed by atoms with Gasteiger partial charge in [-0.2, -0.15) is 0 Å². The van der Waals surface area contributed by atoms with Crippen molar-refractivity contribution in [2.45, 2.75) is 63.8 Å². The van der Waals surface area contributed by atoms with E-state index in [1.165, 1.54) is 19.4 Å². The maximum atomic E-state index is 14.6. The second-order valence-electron chi connectivity index (χ2n) is 6.94. The molecule has 1 atom stereocenters. The van der Waals surface area contributed by atoms with E-state index in [0.29, 0.717) is 5.56 Å². The normalized spacial score (nSPS) is 20.1. The molecule has 0 radical (unpaired) electrons. The van der Waals surface area contributed by atoms with Crippen LogP contribution < -0.4 is 5.32 Å². The first-order valence-electron chi connectivity index (χ1n) is 8.67. The first kappa shape index (κ1) is 16.2. The van der Waals surface area contributed by atoms with Crippen LogP contribution in [0.4, 0.5) is 4.39 Å². The molecule has 4 heteroatoms. The predicted octanol–water partition coefficient (Wildman–Crippen LogP) is 3.97. The summed E-state index contributed by atoms with van der Waals surface area (Å²) in [6, 6.07) is 4.50. The molecule has 2 aliphatic carbocycles. The molecule has 0 bridgehead atoms. The fourth-order valence-corrected chi connectivity index (χ4v) is 3.67. The van der Waals surface area contributed by atoms with Crippen molar-refractivity contribution >= 4 is 11.7 Å². The van der Waals surface area contributed by atoms with E-state index >= 15 is 0 Å². The van der Waals surface area contributed by atoms with Gasteiger partial charge in [-0.15, -0.1) is 0 Å². The molecule has 0 aromatic heterocycles. The molecular weight excluding hydrogens is 293 g/mol. The van der Waals surface area contributed by atoms with Crippen LogP contribution in [0.5, 0.6) is 0 Å². The third kappa shape index (κ3) is 3.62. The molecule has 2 saturated carbocycles. The highest BCUT2D eigenvalue weighted by Crippen LogP contribution is 2.41. The summed E-state index contributed by atoms with van der Waals surface area (Å²) in [5.41, 5.74) is 0.700. The number of hydrogen-bond donors (Lipinski definition) is 1. The Hall–Kier alpha value is -1.71. The van der Waals surface area contributed by atoms with Gasteiger partial charge in [0.2, 0.25) is 0 Å². The van der Waals surface area contributed by atoms with Gasteiger partial charge < -0.3 is 5.32 Å². The highest BCUT2D eigenvalue weighted by Gasteiger charge is 2.31. The summed E-state index contributed by atoms with van der Waals surface area (Å²) in [6.07, 6.45) is 7.25. The van der Waals surface area contributed by atoms with Crippen molar-refractivity contribution in [2.75, 3.05) is 0 Å². The molecule has 1 N–H and O–H groups in total. The van der Waals surface area contributed by atoms with E-state index in [1.807, 2.05) is 0 Å². The molecule has 3 nitrogen and oxygen atoms in total. The van der Waals surface area contributed by atoms with E-state index in [9.17, 15) is 14.0 Å². The minimum Gasteiger partial charge on any atom is -0.342 e. The van der Waals surface area contributed by atoms with Crippen molar-refractivity contribution in [2.24, 2.45) is 5.92 Å². The quantitative estimate of drug-likeness (QED) is 0.893. The number of carbonyl (C=O) groups excluding carboxylic acids is 2. The van der Waals surface area contributed by atoms with Crippen molar-refractivity contribution in [3.63, 3.8) is 0 Å². The van der Waals surface area contributed by atoms with Crippen LogP contribution in [0.15, 0.2) is 18.2 Å². The van der Waals surface area contributed by atoms with Crippen LogP contribution in [0.1, 0.15) is 73.7 Å². The van der Waals surface area contributed by atoms with E-state index in [2.05, 4.69) is 5.32 Å². The number of nitrogens with one attached hydrogen (secondary N) is 1. The molecule has 0 saturated heterocycles. The van der Waals surface area contributed by atoms with Gasteiger partial charge in [0.05, 0.1) is 11.6 Å². The Balaban J connectivity index is 1.76. The van der Waals surface area contributed by atoms with E-state index in [4.69, 9.17) is 0 Å². The molecule has 1 amide bonds. The maximum absolute atomic E-state index is 14.6. The number of carbonyl (C=O) groups is 2. The first-order chi connectivity index (χ1) is 11.1. The molecule has 0 aliphatic heterocycles. The van der Waals surface area contributed by atoms with Gasteiger partial charge >= 0.3 is 0 Å². The molecule has 0 heterocycles. The SMILES string of the molecule is CC(=O)[C@H](NC(=O)c1cccc(C2CC2)c1F)C1CCCCC1. The summed E-state index contributed by atoms with van der Waals surface area (Å²) in [7, 11) is 0. The highest BCUT2D eigenvalue weighted by atomic mass is 19.1. The van der Waals surface area contributed by atoms with E-state index < -0.39 is 17.8 Å². The zero-order valence-corrected chi connectivity index (χ0v) is 13.6. The smallest absolute Gasteiger partial charge is 0.254 e. The number of hydrogen-bond acceptors (Lipinski definition) is 2. The number of halogens is 1. The van der Waals surface area contributed by atoms with Crippen molar-refractivity contribution in [3.05, 3.63) is 35.1 Å². The molecule has 2 aliphatic rings. The predicted molar refractivity (Wildman–Crippen MR) is 86.9 cm³/mol. The van der Waals surface area contributed by atoms with Crippen LogP contribution in [-0.4, -0.2) is 17.7 Å². The largest absolute Gasteiger partial charge is 0.342 e. The second kappa shape index (κ2) is 6.81. The van der Waals surface area contributed by atoms with Crippen molar-refractivity contribution in [1.29, 1.82) is 0 Å². The van der Waals surface area contributed by atoms with E-state index in [-0.39, 0.29) is 23.2 Å². The van der Waals surface area contributed by atoms with Gasteiger partial charge in [-0.05, 0) is 56.1 Å². The topological polar surface area (TPSA) is 46.2 Å². The molecule has 124 valence electrons. The van der Waals surface area contributed by atoms with Gasteiger partial charge in [-0.1, -0.05) is 31.4 Å². The van der Waals surface area contributed by atoms with Crippen molar-refractivity contribution in [1.82, 2.24) is 5.32 Å². The van der Waals surface area contributed by atoms with Gasteiger partial charge in [0, 0.05) is 0 Å². The average molecular weight is 317 g/mol. The zero-order chi connectivity index (χ0) is 16.4. The number of rotatable bonds is 5. The van der Waals surface area contributed by atoms with Gasteiger partial charge in [-0.25, -0.2) is 4.39 Å². The molecule has 3 rings (SSSR count). The standard InChI is InChI=1S/C19H24FNO2/c1-12(22)18(14-6-3-2-4-7-14)21-19(23)16-9-5-8-15(17(16)20)13-10-11-13/h5,8-9,13-14,18H,2-4,6-7,10-11H2,1H3,(H,21,23)/t18-/m0/s1. The summed E-state index contributed by atoms with van der Waals surface area (Å²) in [4.78, 5) is 24.5. The monoisotopic (exact) mass is 317 g/mol. The van der Waals surface area contributed by atoms with Crippen molar-refractivity contribution in [3.8, 4) is 0 Å². The van der Waals surface area contributed by atoms with Crippen LogP contribution in [0.25, 0.3) is 0 Å². The maximum Gasteiger partial charge on any atom is 0.254 e. The summed E-state index contributed by atoms with van der Waals surface area (Å²) in [5, 5.41) is 2.80. The van der Waals surface area contributed by atoms with Crippen LogP contribution in [-0.2, 0) is 4.79 Å². The lowest BCUT2D eigenvalue weighted by molar-refractivity contribution is -0.120. The fraction of sp³-hybridized carbons (Fsp3) is 0.579. The Labute approximate surface area is 136 Å². The minimum absolute atomic E-state index is 0.0380. The Morgan fingerprint density at radius 2 is 1.83 bits per heavy atom. The molecule has 1 aromatic carbocycles. The Morgan fingerprint density at radius 3 is 2.43 bits per heavy atom. The summed E-state index contributed by atoms with van der Waals surface area (Å²) < 4.78 is 14.6. The lowest BCUT2D eigenvalue weighted by Gasteiger charge is -2.29. The third-order valence-corrected chi connectivity index (χ3v) is 5.14. The molecular formula is C19H24FNO2. The zero-order valence-electron chi connectivity index (χ0n) is 13.6. The number of Topliss-reactive ketones (excluding diaryl/α,β-unsaturated/α-hetero) is 1. The van der Waals surface area contributed by atoms with Gasteiger partial charge in [-0.3, -0.25) is 9.59 Å². The number of amides is 1. The van der Waals surface area contributed by atoms with Crippen LogP contribution in [0.2, 0.25) is 0 Å². The lowest BCUT2D eigenvalue weighted by Crippen LogP contribution is -2.45. The lowest BCUT2D eigenvalue weighted by atomic mass is 9.82. The second-order valence-corrected chi connectivity index (χ2v) is 6.94. The summed E-state index contributed by atoms with van der Waals surface area (Å²) in [6.45, 7) is 1.51. The molecule has 2 fully saturated rings. The van der Waals surface area contributed by atoms with E-state index in [0.717, 1.165) is 38.5 Å². The minimum atomic E-state index is -0.494. The Bertz CT molecular complexity index is 603. The van der Waals surface area contributed by atoms with Crippen LogP contribution >= 0.6 is 0 Å². The molecule has 0 unspecified atom stereocenters. The Morgan fingerprint density at radius 1 is 1.13 bits per heavy atom.